The molecule has 1 amide bonds. The molecule has 0 radical (unpaired) electrons. The van der Waals surface area contributed by atoms with Crippen LogP contribution in [0.4, 0.5) is 0 Å². The van der Waals surface area contributed by atoms with Gasteiger partial charge in [0.1, 0.15) is 17.8 Å². The third kappa shape index (κ3) is 4.49. The maximum atomic E-state index is 12.5. The second-order valence-corrected chi connectivity index (χ2v) is 7.73. The Labute approximate surface area is 176 Å². The molecule has 1 aromatic carbocycles. The molecule has 4 rings (SSSR count). The first-order valence-corrected chi connectivity index (χ1v) is 10.2. The first-order valence-electron chi connectivity index (χ1n) is 10.2. The third-order valence-electron chi connectivity index (χ3n) is 5.62. The van der Waals surface area contributed by atoms with Crippen molar-refractivity contribution in [2.45, 2.75) is 31.4 Å². The van der Waals surface area contributed by atoms with Gasteiger partial charge in [-0.15, -0.1) is 0 Å². The Morgan fingerprint density at radius 3 is 2.63 bits per heavy atom. The van der Waals surface area contributed by atoms with Crippen molar-refractivity contribution in [3.63, 3.8) is 0 Å². The van der Waals surface area contributed by atoms with Crippen LogP contribution in [0.5, 0.6) is 5.75 Å². The topological polar surface area (TPSA) is 81.3 Å². The van der Waals surface area contributed by atoms with Gasteiger partial charge in [-0.05, 0) is 61.3 Å². The van der Waals surface area contributed by atoms with E-state index in [4.69, 9.17) is 10.5 Å². The first-order chi connectivity index (χ1) is 14.7. The summed E-state index contributed by atoms with van der Waals surface area (Å²) in [5.74, 6) is 0.499. The smallest absolute Gasteiger partial charge is 0.230 e. The lowest BCUT2D eigenvalue weighted by Gasteiger charge is -2.40. The highest BCUT2D eigenvalue weighted by Gasteiger charge is 2.43. The van der Waals surface area contributed by atoms with Crippen molar-refractivity contribution in [3.8, 4) is 5.75 Å². The molecule has 0 saturated carbocycles. The van der Waals surface area contributed by atoms with E-state index in [9.17, 15) is 4.79 Å². The molecule has 0 unspecified atom stereocenters. The number of piperidine rings is 1. The summed E-state index contributed by atoms with van der Waals surface area (Å²) >= 11 is 0. The second-order valence-electron chi connectivity index (χ2n) is 7.73. The van der Waals surface area contributed by atoms with Gasteiger partial charge in [0.2, 0.25) is 5.91 Å². The molecule has 1 aliphatic rings. The van der Waals surface area contributed by atoms with Crippen LogP contribution >= 0.6 is 0 Å². The fraction of sp³-hybridized carbons (Fsp3) is 0.292. The molecule has 1 atom stereocenters. The zero-order valence-corrected chi connectivity index (χ0v) is 16.9. The van der Waals surface area contributed by atoms with E-state index >= 15 is 0 Å². The van der Waals surface area contributed by atoms with Crippen molar-refractivity contribution in [1.29, 1.82) is 0 Å². The van der Waals surface area contributed by atoms with Gasteiger partial charge in [-0.25, -0.2) is 0 Å². The van der Waals surface area contributed by atoms with E-state index < -0.39 is 5.41 Å². The van der Waals surface area contributed by atoms with E-state index in [1.54, 1.807) is 12.4 Å². The average molecular weight is 402 g/mol. The number of aromatic nitrogens is 2. The zero-order chi connectivity index (χ0) is 20.8. The lowest BCUT2D eigenvalue weighted by Crippen LogP contribution is -2.53. The molecule has 154 valence electrons. The van der Waals surface area contributed by atoms with Gasteiger partial charge in [0.05, 0.1) is 11.4 Å². The first kappa shape index (κ1) is 20.0. The molecule has 0 bridgehead atoms. The molecule has 6 heteroatoms. The molecule has 1 fully saturated rings. The van der Waals surface area contributed by atoms with Crippen molar-refractivity contribution >= 4 is 5.91 Å². The van der Waals surface area contributed by atoms with Crippen molar-refractivity contribution in [1.82, 2.24) is 14.9 Å². The van der Waals surface area contributed by atoms with Gasteiger partial charge in [0.15, 0.2) is 0 Å². The summed E-state index contributed by atoms with van der Waals surface area (Å²) in [6.45, 7) is 2.64. The molecule has 2 aromatic heterocycles. The van der Waals surface area contributed by atoms with Crippen LogP contribution in [0.2, 0.25) is 0 Å². The van der Waals surface area contributed by atoms with Crippen LogP contribution in [0.15, 0.2) is 73.1 Å². The minimum atomic E-state index is -0.743. The summed E-state index contributed by atoms with van der Waals surface area (Å²) in [4.78, 5) is 23.5. The Morgan fingerprint density at radius 1 is 1.07 bits per heavy atom. The maximum Gasteiger partial charge on any atom is 0.230 e. The number of carbonyl (C=O) groups is 1. The van der Waals surface area contributed by atoms with Crippen molar-refractivity contribution in [3.05, 3.63) is 90.0 Å². The Bertz CT molecular complexity index is 981. The minimum absolute atomic E-state index is 0.307. The molecule has 0 spiro atoms. The molecule has 3 heterocycles. The van der Waals surface area contributed by atoms with Gasteiger partial charge in [0, 0.05) is 25.5 Å². The predicted molar refractivity (Wildman–Crippen MR) is 115 cm³/mol. The highest BCUT2D eigenvalue weighted by molar-refractivity contribution is 5.86. The Morgan fingerprint density at radius 2 is 1.90 bits per heavy atom. The summed E-state index contributed by atoms with van der Waals surface area (Å²) in [5.41, 5.74) is 7.92. The minimum Gasteiger partial charge on any atom is -0.487 e. The molecule has 3 aromatic rings. The average Bonchev–Trinajstić information content (AvgIpc) is 2.79. The number of hydrogen-bond acceptors (Lipinski definition) is 5. The van der Waals surface area contributed by atoms with Crippen molar-refractivity contribution in [2.75, 3.05) is 13.1 Å². The van der Waals surface area contributed by atoms with Gasteiger partial charge in [-0.1, -0.05) is 24.3 Å². The van der Waals surface area contributed by atoms with Gasteiger partial charge in [-0.3, -0.25) is 19.7 Å². The number of nitrogens with zero attached hydrogens (tertiary/aromatic N) is 3. The number of carbonyl (C=O) groups excluding carboxylic acids is 1. The number of hydrogen-bond donors (Lipinski definition) is 1. The monoisotopic (exact) mass is 402 g/mol. The van der Waals surface area contributed by atoms with E-state index in [1.807, 2.05) is 54.6 Å². The summed E-state index contributed by atoms with van der Waals surface area (Å²) in [6, 6.07) is 19.5. The Hall–Kier alpha value is -3.25. The van der Waals surface area contributed by atoms with Crippen molar-refractivity contribution in [2.24, 2.45) is 5.73 Å². The summed E-state index contributed by atoms with van der Waals surface area (Å²) in [5, 5.41) is 0. The van der Waals surface area contributed by atoms with Crippen molar-refractivity contribution < 1.29 is 9.53 Å². The van der Waals surface area contributed by atoms with E-state index in [1.165, 1.54) is 0 Å². The van der Waals surface area contributed by atoms with Crippen LogP contribution in [0.3, 0.4) is 0 Å². The summed E-state index contributed by atoms with van der Waals surface area (Å²) < 4.78 is 5.91. The number of nitrogens with two attached hydrogens (primary N) is 1. The van der Waals surface area contributed by atoms with Gasteiger partial charge in [0.25, 0.3) is 0 Å². The third-order valence-corrected chi connectivity index (χ3v) is 5.62. The number of likely N-dealkylation sites (tertiary alicyclic amines) is 1. The van der Waals surface area contributed by atoms with Crippen LogP contribution in [-0.2, 0) is 23.4 Å². The highest BCUT2D eigenvalue weighted by atomic mass is 16.5. The largest absolute Gasteiger partial charge is 0.487 e. The summed E-state index contributed by atoms with van der Waals surface area (Å²) in [6.07, 6.45) is 5.11. The van der Waals surface area contributed by atoms with E-state index in [0.29, 0.717) is 13.2 Å². The standard InChI is InChI=1S/C24H26N4O2/c25-23(29)24(22-10-2-4-13-27-22)11-6-14-28(18-24)16-19-7-5-9-21(15-19)30-17-20-8-1-3-12-26-20/h1-5,7-10,12-13,15H,6,11,14,16-18H2,(H2,25,29)/t24-/m1/s1. The number of primary amides is 1. The highest BCUT2D eigenvalue weighted by Crippen LogP contribution is 2.33. The quantitative estimate of drug-likeness (QED) is 0.657. The van der Waals surface area contributed by atoms with E-state index in [0.717, 1.165) is 48.6 Å². The number of pyridine rings is 2. The lowest BCUT2D eigenvalue weighted by atomic mass is 9.76. The van der Waals surface area contributed by atoms with Crippen LogP contribution < -0.4 is 10.5 Å². The molecule has 1 aliphatic heterocycles. The van der Waals surface area contributed by atoms with Gasteiger partial charge < -0.3 is 10.5 Å². The van der Waals surface area contributed by atoms with E-state index in [-0.39, 0.29) is 5.91 Å². The molecule has 30 heavy (non-hydrogen) atoms. The van der Waals surface area contributed by atoms with E-state index in [2.05, 4.69) is 20.9 Å². The predicted octanol–water partition coefficient (Wildman–Crippen LogP) is 3.07. The number of rotatable bonds is 7. The molecular weight excluding hydrogens is 376 g/mol. The SMILES string of the molecule is NC(=O)[C@]1(c2ccccn2)CCCN(Cc2cccc(OCc3ccccn3)c2)C1. The molecule has 1 saturated heterocycles. The Balaban J connectivity index is 1.45. The molecular formula is C24H26N4O2. The number of ether oxygens (including phenoxy) is 1. The number of benzene rings is 1. The molecule has 0 aliphatic carbocycles. The molecule has 6 nitrogen and oxygen atoms in total. The van der Waals surface area contributed by atoms with Gasteiger partial charge >= 0.3 is 0 Å². The fourth-order valence-corrected chi connectivity index (χ4v) is 4.09. The van der Waals surface area contributed by atoms with Crippen LogP contribution in [0.25, 0.3) is 0 Å². The maximum absolute atomic E-state index is 12.5. The van der Waals surface area contributed by atoms with Gasteiger partial charge in [-0.2, -0.15) is 0 Å². The van der Waals surface area contributed by atoms with Crippen LogP contribution in [0, 0.1) is 0 Å². The zero-order valence-electron chi connectivity index (χ0n) is 16.9. The summed E-state index contributed by atoms with van der Waals surface area (Å²) in [7, 11) is 0. The van der Waals surface area contributed by atoms with Crippen LogP contribution in [-0.4, -0.2) is 33.9 Å². The normalized spacial score (nSPS) is 19.3. The molecule has 2 N–H and O–H groups in total. The van der Waals surface area contributed by atoms with Crippen LogP contribution in [0.1, 0.15) is 29.8 Å². The second kappa shape index (κ2) is 9.05. The Kier molecular flexibility index (Phi) is 6.05. The fourth-order valence-electron chi connectivity index (χ4n) is 4.09. The number of amides is 1. The lowest BCUT2D eigenvalue weighted by molar-refractivity contribution is -0.126.